The van der Waals surface area contributed by atoms with Gasteiger partial charge >= 0.3 is 0 Å². The van der Waals surface area contributed by atoms with E-state index in [0.717, 1.165) is 0 Å². The summed E-state index contributed by atoms with van der Waals surface area (Å²) in [5, 5.41) is 2.79. The minimum atomic E-state index is -0.327. The van der Waals surface area contributed by atoms with Crippen molar-refractivity contribution < 1.29 is 9.59 Å². The summed E-state index contributed by atoms with van der Waals surface area (Å²) < 4.78 is 0. The predicted molar refractivity (Wildman–Crippen MR) is 66.9 cm³/mol. The third-order valence-corrected chi connectivity index (χ3v) is 2.02. The van der Waals surface area contributed by atoms with Gasteiger partial charge in [0, 0.05) is 25.0 Å². The number of rotatable bonds is 3. The maximum absolute atomic E-state index is 11.9. The van der Waals surface area contributed by atoms with Gasteiger partial charge in [0.2, 0.25) is 5.91 Å². The number of hydrogen-bond donors (Lipinski definition) is 1. The van der Waals surface area contributed by atoms with Gasteiger partial charge < -0.3 is 10.2 Å². The first-order chi connectivity index (χ1) is 8.29. The van der Waals surface area contributed by atoms with Crippen LogP contribution >= 0.6 is 0 Å². The van der Waals surface area contributed by atoms with Crippen molar-refractivity contribution in [2.75, 3.05) is 13.6 Å². The third-order valence-electron chi connectivity index (χ3n) is 2.02. The Hall–Kier alpha value is -1.98. The van der Waals surface area contributed by atoms with E-state index < -0.39 is 0 Å². The fraction of sp³-hybridized carbons (Fsp3) is 0.500. The highest BCUT2D eigenvalue weighted by molar-refractivity contribution is 5.94. The largest absolute Gasteiger partial charge is 0.350 e. The molecule has 6 heteroatoms. The zero-order valence-corrected chi connectivity index (χ0v) is 11.1. The molecule has 0 saturated heterocycles. The predicted octanol–water partition coefficient (Wildman–Crippen LogP) is 0.463. The molecule has 1 aromatic heterocycles. The van der Waals surface area contributed by atoms with Crippen LogP contribution in [0.5, 0.6) is 0 Å². The van der Waals surface area contributed by atoms with Crippen LogP contribution in [0.25, 0.3) is 0 Å². The fourth-order valence-corrected chi connectivity index (χ4v) is 1.35. The second-order valence-corrected chi connectivity index (χ2v) is 5.05. The minimum absolute atomic E-state index is 0.00726. The Morgan fingerprint density at radius 3 is 2.50 bits per heavy atom. The molecular formula is C12H18N4O2. The number of nitrogens with zero attached hydrogens (tertiary/aromatic N) is 3. The molecule has 0 aliphatic rings. The number of aromatic nitrogens is 2. The zero-order valence-electron chi connectivity index (χ0n) is 11.1. The van der Waals surface area contributed by atoms with Crippen molar-refractivity contribution in [2.24, 2.45) is 0 Å². The van der Waals surface area contributed by atoms with Crippen molar-refractivity contribution in [1.82, 2.24) is 20.2 Å². The van der Waals surface area contributed by atoms with Gasteiger partial charge in [0.05, 0.1) is 12.7 Å². The van der Waals surface area contributed by atoms with Gasteiger partial charge in [0.1, 0.15) is 5.69 Å². The highest BCUT2D eigenvalue weighted by atomic mass is 16.2. The van der Waals surface area contributed by atoms with E-state index in [1.54, 1.807) is 7.05 Å². The van der Waals surface area contributed by atoms with Gasteiger partial charge in [-0.15, -0.1) is 0 Å². The molecule has 0 aliphatic carbocycles. The topological polar surface area (TPSA) is 75.2 Å². The molecule has 0 radical (unpaired) electrons. The minimum Gasteiger partial charge on any atom is -0.350 e. The van der Waals surface area contributed by atoms with Crippen LogP contribution in [0.2, 0.25) is 0 Å². The van der Waals surface area contributed by atoms with Crippen LogP contribution in [0, 0.1) is 0 Å². The maximum Gasteiger partial charge on any atom is 0.274 e. The Labute approximate surface area is 106 Å². The fourth-order valence-electron chi connectivity index (χ4n) is 1.35. The lowest BCUT2D eigenvalue weighted by atomic mass is 10.1. The summed E-state index contributed by atoms with van der Waals surface area (Å²) >= 11 is 0. The summed E-state index contributed by atoms with van der Waals surface area (Å²) in [6.07, 6.45) is 4.31. The number of carbonyl (C=O) groups is 2. The second kappa shape index (κ2) is 5.57. The summed E-state index contributed by atoms with van der Waals surface area (Å²) in [6.45, 7) is 5.65. The first kappa shape index (κ1) is 14.1. The quantitative estimate of drug-likeness (QED) is 0.845. The Balaban J connectivity index is 2.59. The summed E-state index contributed by atoms with van der Waals surface area (Å²) in [5.41, 5.74) is -0.0865. The van der Waals surface area contributed by atoms with Gasteiger partial charge in [-0.3, -0.25) is 14.6 Å². The van der Waals surface area contributed by atoms with E-state index in [1.807, 2.05) is 20.8 Å². The first-order valence-electron chi connectivity index (χ1n) is 5.62. The van der Waals surface area contributed by atoms with Crippen LogP contribution in [-0.2, 0) is 4.79 Å². The molecule has 1 rings (SSSR count). The lowest BCUT2D eigenvalue weighted by Crippen LogP contribution is -2.46. The highest BCUT2D eigenvalue weighted by Gasteiger charge is 2.19. The van der Waals surface area contributed by atoms with E-state index >= 15 is 0 Å². The number of nitrogens with one attached hydrogen (secondary N) is 1. The molecule has 6 nitrogen and oxygen atoms in total. The van der Waals surface area contributed by atoms with Gasteiger partial charge in [-0.25, -0.2) is 4.98 Å². The van der Waals surface area contributed by atoms with Crippen molar-refractivity contribution in [3.8, 4) is 0 Å². The Bertz CT molecular complexity index is 425. The molecule has 1 aromatic rings. The molecule has 0 aliphatic heterocycles. The van der Waals surface area contributed by atoms with Gasteiger partial charge in [0.25, 0.3) is 5.91 Å². The van der Waals surface area contributed by atoms with Gasteiger partial charge in [-0.05, 0) is 20.8 Å². The smallest absolute Gasteiger partial charge is 0.274 e. The molecule has 18 heavy (non-hydrogen) atoms. The van der Waals surface area contributed by atoms with Crippen LogP contribution in [-0.4, -0.2) is 45.8 Å². The third kappa shape index (κ3) is 4.48. The van der Waals surface area contributed by atoms with Crippen LogP contribution < -0.4 is 5.32 Å². The highest BCUT2D eigenvalue weighted by Crippen LogP contribution is 2.00. The Morgan fingerprint density at radius 1 is 1.33 bits per heavy atom. The number of hydrogen-bond acceptors (Lipinski definition) is 4. The zero-order chi connectivity index (χ0) is 13.8. The molecule has 98 valence electrons. The molecule has 2 amide bonds. The van der Waals surface area contributed by atoms with Crippen molar-refractivity contribution in [1.29, 1.82) is 0 Å². The maximum atomic E-state index is 11.9. The molecule has 0 atom stereocenters. The van der Waals surface area contributed by atoms with Crippen LogP contribution in [0.3, 0.4) is 0 Å². The molecule has 0 spiro atoms. The number of carbonyl (C=O) groups excluding carboxylic acids is 2. The Morgan fingerprint density at radius 2 is 2.00 bits per heavy atom. The molecular weight excluding hydrogens is 232 g/mol. The van der Waals surface area contributed by atoms with E-state index in [-0.39, 0.29) is 29.6 Å². The van der Waals surface area contributed by atoms with E-state index in [9.17, 15) is 9.59 Å². The number of likely N-dealkylation sites (N-methyl/N-ethyl adjacent to an activating group) is 1. The van der Waals surface area contributed by atoms with E-state index in [1.165, 1.54) is 23.5 Å². The first-order valence-corrected chi connectivity index (χ1v) is 5.62. The average molecular weight is 250 g/mol. The Kier molecular flexibility index (Phi) is 4.36. The summed E-state index contributed by atoms with van der Waals surface area (Å²) in [6, 6.07) is 0. The molecule has 1 N–H and O–H groups in total. The van der Waals surface area contributed by atoms with Crippen molar-refractivity contribution in [3.05, 3.63) is 24.3 Å². The van der Waals surface area contributed by atoms with Crippen molar-refractivity contribution >= 4 is 11.8 Å². The lowest BCUT2D eigenvalue weighted by Gasteiger charge is -2.23. The van der Waals surface area contributed by atoms with Crippen LogP contribution in [0.1, 0.15) is 31.3 Å². The summed E-state index contributed by atoms with van der Waals surface area (Å²) in [7, 11) is 1.55. The summed E-state index contributed by atoms with van der Waals surface area (Å²) in [4.78, 5) is 32.6. The summed E-state index contributed by atoms with van der Waals surface area (Å²) in [5.74, 6) is -0.533. The molecule has 0 bridgehead atoms. The monoisotopic (exact) mass is 250 g/mol. The van der Waals surface area contributed by atoms with Gasteiger partial charge in [-0.2, -0.15) is 0 Å². The van der Waals surface area contributed by atoms with Crippen molar-refractivity contribution in [3.63, 3.8) is 0 Å². The van der Waals surface area contributed by atoms with E-state index in [2.05, 4.69) is 15.3 Å². The molecule has 0 fully saturated rings. The molecule has 0 unspecified atom stereocenters. The van der Waals surface area contributed by atoms with Crippen LogP contribution in [0.4, 0.5) is 0 Å². The molecule has 1 heterocycles. The van der Waals surface area contributed by atoms with E-state index in [0.29, 0.717) is 0 Å². The molecule has 0 saturated carbocycles. The average Bonchev–Trinajstić information content (AvgIpc) is 2.26. The van der Waals surface area contributed by atoms with Gasteiger partial charge in [0.15, 0.2) is 0 Å². The van der Waals surface area contributed by atoms with E-state index in [4.69, 9.17) is 0 Å². The lowest BCUT2D eigenvalue weighted by molar-refractivity contribution is -0.122. The number of amides is 2. The standard InChI is InChI=1S/C12H18N4O2/c1-12(2,3)15-10(17)8-16(4)11(18)9-7-13-5-6-14-9/h5-7H,8H2,1-4H3,(H,15,17). The van der Waals surface area contributed by atoms with Crippen molar-refractivity contribution in [2.45, 2.75) is 26.3 Å². The van der Waals surface area contributed by atoms with Gasteiger partial charge in [-0.1, -0.05) is 0 Å². The van der Waals surface area contributed by atoms with Crippen LogP contribution in [0.15, 0.2) is 18.6 Å². The normalized spacial score (nSPS) is 10.9. The molecule has 0 aromatic carbocycles. The second-order valence-electron chi connectivity index (χ2n) is 5.05. The SMILES string of the molecule is CN(CC(=O)NC(C)(C)C)C(=O)c1cnccn1.